The van der Waals surface area contributed by atoms with Crippen LogP contribution in [0.4, 0.5) is 0 Å². The summed E-state index contributed by atoms with van der Waals surface area (Å²) < 4.78 is 6.84. The Balaban J connectivity index is 1.70. The molecule has 0 unspecified atom stereocenters. The summed E-state index contributed by atoms with van der Waals surface area (Å²) in [7, 11) is 0. The van der Waals surface area contributed by atoms with Crippen LogP contribution in [-0.2, 0) is 9.53 Å². The molecule has 8 nitrogen and oxygen atoms in total. The molecule has 28 heavy (non-hydrogen) atoms. The summed E-state index contributed by atoms with van der Waals surface area (Å²) in [5, 5.41) is 18.6. The Kier molecular flexibility index (Phi) is 4.93. The number of aliphatic carboxylic acids is 1. The van der Waals surface area contributed by atoms with E-state index in [4.69, 9.17) is 4.74 Å². The molecule has 3 heterocycles. The number of carbonyl (C=O) groups excluding carboxylic acids is 1. The average Bonchev–Trinajstić information content (AvgIpc) is 3.39. The first-order valence-corrected chi connectivity index (χ1v) is 9.67. The second kappa shape index (κ2) is 7.53. The molecule has 1 aliphatic heterocycles. The van der Waals surface area contributed by atoms with Crippen LogP contribution in [-0.4, -0.2) is 50.5 Å². The van der Waals surface area contributed by atoms with Gasteiger partial charge in [0.1, 0.15) is 5.54 Å². The zero-order valence-electron chi connectivity index (χ0n) is 14.9. The van der Waals surface area contributed by atoms with Gasteiger partial charge in [0, 0.05) is 26.1 Å². The average molecular weight is 398 g/mol. The molecule has 1 saturated heterocycles. The van der Waals surface area contributed by atoms with Gasteiger partial charge in [0.2, 0.25) is 5.82 Å². The van der Waals surface area contributed by atoms with Gasteiger partial charge in [-0.15, -0.1) is 16.4 Å². The van der Waals surface area contributed by atoms with Crippen molar-refractivity contribution in [2.24, 2.45) is 0 Å². The fourth-order valence-corrected chi connectivity index (χ4v) is 3.81. The van der Waals surface area contributed by atoms with Crippen LogP contribution in [0.5, 0.6) is 0 Å². The lowest BCUT2D eigenvalue weighted by atomic mass is 9.90. The summed E-state index contributed by atoms with van der Waals surface area (Å²) in [6.07, 6.45) is 0.399. The van der Waals surface area contributed by atoms with Gasteiger partial charge in [0.25, 0.3) is 5.91 Å². The number of aromatic nitrogens is 3. The molecule has 1 aliphatic rings. The largest absolute Gasteiger partial charge is 0.480 e. The predicted molar refractivity (Wildman–Crippen MR) is 103 cm³/mol. The van der Waals surface area contributed by atoms with Crippen molar-refractivity contribution in [2.45, 2.75) is 18.4 Å². The Bertz CT molecular complexity index is 979. The Morgan fingerprint density at radius 3 is 2.54 bits per heavy atom. The van der Waals surface area contributed by atoms with Gasteiger partial charge in [-0.2, -0.15) is 0 Å². The maximum Gasteiger partial charge on any atom is 0.329 e. The molecule has 144 valence electrons. The standard InChI is InChI=1S/C19H18N4O4S/c24-17(21-19(18(25)26)8-10-27-11-9-19)15-20-16(14-7-4-12-28-14)23(22-15)13-5-2-1-3-6-13/h1-7,12H,8-11H2,(H,21,24)(H,25,26). The molecule has 0 radical (unpaired) electrons. The number of rotatable bonds is 5. The number of amides is 1. The molecule has 3 aromatic rings. The van der Waals surface area contributed by atoms with E-state index < -0.39 is 17.4 Å². The third kappa shape index (κ3) is 3.41. The number of nitrogens with zero attached hydrogens (tertiary/aromatic N) is 3. The normalized spacial score (nSPS) is 15.9. The molecular weight excluding hydrogens is 380 g/mol. The SMILES string of the molecule is O=C(NC1(C(=O)O)CCOCC1)c1nc(-c2cccs2)n(-c2ccccc2)n1. The van der Waals surface area contributed by atoms with Crippen LogP contribution >= 0.6 is 11.3 Å². The topological polar surface area (TPSA) is 106 Å². The molecule has 0 atom stereocenters. The lowest BCUT2D eigenvalue weighted by Gasteiger charge is -2.33. The lowest BCUT2D eigenvalue weighted by molar-refractivity contribution is -0.148. The predicted octanol–water partition coefficient (Wildman–Crippen LogP) is 2.36. The smallest absolute Gasteiger partial charge is 0.329 e. The number of nitrogens with one attached hydrogen (secondary N) is 1. The quantitative estimate of drug-likeness (QED) is 0.683. The van der Waals surface area contributed by atoms with Crippen LogP contribution < -0.4 is 5.32 Å². The third-order valence-corrected chi connectivity index (χ3v) is 5.53. The number of benzene rings is 1. The van der Waals surface area contributed by atoms with Gasteiger partial charge in [-0.05, 0) is 23.6 Å². The van der Waals surface area contributed by atoms with E-state index in [0.717, 1.165) is 10.6 Å². The van der Waals surface area contributed by atoms with Crippen LogP contribution in [0, 0.1) is 0 Å². The summed E-state index contributed by atoms with van der Waals surface area (Å²) in [5.74, 6) is -1.23. The zero-order chi connectivity index (χ0) is 19.6. The first kappa shape index (κ1) is 18.3. The molecule has 2 N–H and O–H groups in total. The number of hydrogen-bond acceptors (Lipinski definition) is 6. The van der Waals surface area contributed by atoms with E-state index in [-0.39, 0.29) is 31.9 Å². The number of carboxylic acid groups (broad SMARTS) is 1. The molecule has 1 fully saturated rings. The van der Waals surface area contributed by atoms with Crippen LogP contribution in [0.2, 0.25) is 0 Å². The molecule has 0 saturated carbocycles. The number of carbonyl (C=O) groups is 2. The van der Waals surface area contributed by atoms with Gasteiger partial charge in [-0.3, -0.25) is 4.79 Å². The Hall–Kier alpha value is -3.04. The maximum absolute atomic E-state index is 12.8. The molecule has 9 heteroatoms. The van der Waals surface area contributed by atoms with Gasteiger partial charge in [-0.1, -0.05) is 24.3 Å². The molecule has 1 aromatic carbocycles. The van der Waals surface area contributed by atoms with Gasteiger partial charge >= 0.3 is 5.97 Å². The molecule has 0 spiro atoms. The van der Waals surface area contributed by atoms with Crippen LogP contribution in [0.1, 0.15) is 23.5 Å². The highest BCUT2D eigenvalue weighted by molar-refractivity contribution is 7.13. The van der Waals surface area contributed by atoms with E-state index in [1.807, 2.05) is 47.8 Å². The van der Waals surface area contributed by atoms with Crippen molar-refractivity contribution in [3.8, 4) is 16.4 Å². The molecule has 4 rings (SSSR count). The summed E-state index contributed by atoms with van der Waals surface area (Å²) in [6, 6.07) is 13.2. The van der Waals surface area contributed by atoms with Crippen molar-refractivity contribution in [1.82, 2.24) is 20.1 Å². The van der Waals surface area contributed by atoms with E-state index in [0.29, 0.717) is 5.82 Å². The summed E-state index contributed by atoms with van der Waals surface area (Å²) in [4.78, 5) is 29.9. The van der Waals surface area contributed by atoms with Crippen molar-refractivity contribution in [2.75, 3.05) is 13.2 Å². The summed E-state index contributed by atoms with van der Waals surface area (Å²) in [6.45, 7) is 0.553. The van der Waals surface area contributed by atoms with E-state index in [2.05, 4.69) is 15.4 Å². The maximum atomic E-state index is 12.8. The van der Waals surface area contributed by atoms with Gasteiger partial charge in [0.15, 0.2) is 5.82 Å². The number of thiophene rings is 1. The van der Waals surface area contributed by atoms with E-state index in [9.17, 15) is 14.7 Å². The van der Waals surface area contributed by atoms with Crippen molar-refractivity contribution in [1.29, 1.82) is 0 Å². The zero-order valence-corrected chi connectivity index (χ0v) is 15.7. The van der Waals surface area contributed by atoms with Crippen LogP contribution in [0.25, 0.3) is 16.4 Å². The van der Waals surface area contributed by atoms with Crippen molar-refractivity contribution in [3.05, 3.63) is 53.7 Å². The fraction of sp³-hybridized carbons (Fsp3) is 0.263. The second-order valence-electron chi connectivity index (χ2n) is 6.44. The highest BCUT2D eigenvalue weighted by Crippen LogP contribution is 2.26. The molecular formula is C19H18N4O4S. The number of hydrogen-bond donors (Lipinski definition) is 2. The number of carboxylic acids is 1. The Morgan fingerprint density at radius 1 is 1.14 bits per heavy atom. The van der Waals surface area contributed by atoms with Gasteiger partial charge in [0.05, 0.1) is 10.6 Å². The van der Waals surface area contributed by atoms with Gasteiger partial charge < -0.3 is 15.2 Å². The van der Waals surface area contributed by atoms with Gasteiger partial charge in [-0.25, -0.2) is 14.5 Å². The van der Waals surface area contributed by atoms with Crippen molar-refractivity contribution >= 4 is 23.2 Å². The monoisotopic (exact) mass is 398 g/mol. The molecule has 2 aromatic heterocycles. The van der Waals surface area contributed by atoms with Crippen LogP contribution in [0.15, 0.2) is 47.8 Å². The van der Waals surface area contributed by atoms with E-state index >= 15 is 0 Å². The minimum atomic E-state index is -1.36. The summed E-state index contributed by atoms with van der Waals surface area (Å²) in [5.41, 5.74) is -0.604. The molecule has 1 amide bonds. The first-order valence-electron chi connectivity index (χ1n) is 8.79. The third-order valence-electron chi connectivity index (χ3n) is 4.66. The van der Waals surface area contributed by atoms with Crippen molar-refractivity contribution < 1.29 is 19.4 Å². The Morgan fingerprint density at radius 2 is 1.89 bits per heavy atom. The van der Waals surface area contributed by atoms with Crippen molar-refractivity contribution in [3.63, 3.8) is 0 Å². The highest BCUT2D eigenvalue weighted by Gasteiger charge is 2.42. The minimum absolute atomic E-state index is 0.0700. The molecule has 0 aliphatic carbocycles. The van der Waals surface area contributed by atoms with E-state index in [1.54, 1.807) is 4.68 Å². The minimum Gasteiger partial charge on any atom is -0.480 e. The summed E-state index contributed by atoms with van der Waals surface area (Å²) >= 11 is 1.48. The lowest BCUT2D eigenvalue weighted by Crippen LogP contribution is -2.57. The highest BCUT2D eigenvalue weighted by atomic mass is 32.1. The molecule has 0 bridgehead atoms. The van der Waals surface area contributed by atoms with Crippen LogP contribution in [0.3, 0.4) is 0 Å². The number of ether oxygens (including phenoxy) is 1. The Labute approximate surface area is 164 Å². The fourth-order valence-electron chi connectivity index (χ4n) is 3.11. The first-order chi connectivity index (χ1) is 13.6. The van der Waals surface area contributed by atoms with E-state index in [1.165, 1.54) is 11.3 Å². The second-order valence-corrected chi connectivity index (χ2v) is 7.39. The number of para-hydroxylation sites is 1.